The van der Waals surface area contributed by atoms with Crippen molar-refractivity contribution >= 4 is 32.6 Å². The fraction of sp³-hybridized carbons (Fsp3) is 0.0588. The molecule has 4 nitrogen and oxygen atoms in total. The van der Waals surface area contributed by atoms with E-state index < -0.39 is 17.7 Å². The first-order valence-electron chi connectivity index (χ1n) is 6.92. The molecule has 0 aliphatic carbocycles. The van der Waals surface area contributed by atoms with E-state index in [-0.39, 0.29) is 11.0 Å². The number of rotatable bonds is 1. The van der Waals surface area contributed by atoms with Crippen LogP contribution in [0, 0.1) is 0 Å². The van der Waals surface area contributed by atoms with Crippen molar-refractivity contribution in [3.05, 3.63) is 59.1 Å². The molecule has 2 aromatic carbocycles. The summed E-state index contributed by atoms with van der Waals surface area (Å²) < 4.78 is 46.5. The van der Waals surface area contributed by atoms with Gasteiger partial charge in [0.05, 0.1) is 10.9 Å². The number of fused-ring (bicyclic) bond motifs is 5. The standard InChI is InChI=1S/C17H8F3NO3/c18-17(19,20)24-9-5-6-14-12(7-9)15-13(8-21-14)10-3-1-2-4-11(10)16(22)23-15/h1-8H. The van der Waals surface area contributed by atoms with E-state index in [2.05, 4.69) is 9.72 Å². The van der Waals surface area contributed by atoms with Crippen LogP contribution in [0.15, 0.2) is 57.9 Å². The lowest BCUT2D eigenvalue weighted by Gasteiger charge is -2.10. The van der Waals surface area contributed by atoms with Crippen molar-refractivity contribution in [3.8, 4) is 5.75 Å². The third kappa shape index (κ3) is 2.34. The van der Waals surface area contributed by atoms with Crippen molar-refractivity contribution in [2.45, 2.75) is 6.36 Å². The Morgan fingerprint density at radius 2 is 1.71 bits per heavy atom. The molecule has 24 heavy (non-hydrogen) atoms. The van der Waals surface area contributed by atoms with Crippen molar-refractivity contribution in [1.82, 2.24) is 4.98 Å². The van der Waals surface area contributed by atoms with E-state index in [4.69, 9.17) is 4.42 Å². The Labute approximate surface area is 132 Å². The van der Waals surface area contributed by atoms with Crippen LogP contribution >= 0.6 is 0 Å². The van der Waals surface area contributed by atoms with Crippen LogP contribution in [0.4, 0.5) is 13.2 Å². The lowest BCUT2D eigenvalue weighted by Crippen LogP contribution is -2.17. The molecule has 0 aliphatic heterocycles. The quantitative estimate of drug-likeness (QED) is 0.485. The highest BCUT2D eigenvalue weighted by Crippen LogP contribution is 2.31. The van der Waals surface area contributed by atoms with Crippen LogP contribution in [0.25, 0.3) is 32.6 Å². The Bertz CT molecular complexity index is 1150. The van der Waals surface area contributed by atoms with Gasteiger partial charge in [0.25, 0.3) is 0 Å². The van der Waals surface area contributed by atoms with Crippen LogP contribution in [0.5, 0.6) is 5.75 Å². The molecule has 0 spiro atoms. The number of pyridine rings is 1. The number of hydrogen-bond acceptors (Lipinski definition) is 4. The van der Waals surface area contributed by atoms with Gasteiger partial charge in [0.2, 0.25) is 0 Å². The van der Waals surface area contributed by atoms with Gasteiger partial charge in [-0.05, 0) is 24.3 Å². The van der Waals surface area contributed by atoms with Gasteiger partial charge in [-0.1, -0.05) is 18.2 Å². The first-order chi connectivity index (χ1) is 11.4. The number of nitrogens with zero attached hydrogens (tertiary/aromatic N) is 1. The van der Waals surface area contributed by atoms with E-state index in [0.717, 1.165) is 12.1 Å². The van der Waals surface area contributed by atoms with Gasteiger partial charge in [-0.2, -0.15) is 0 Å². The third-order valence-electron chi connectivity index (χ3n) is 3.66. The number of aromatic nitrogens is 1. The zero-order valence-electron chi connectivity index (χ0n) is 11.9. The highest BCUT2D eigenvalue weighted by Gasteiger charge is 2.31. The van der Waals surface area contributed by atoms with Crippen LogP contribution in [0.2, 0.25) is 0 Å². The predicted octanol–water partition coefficient (Wildman–Crippen LogP) is 4.39. The zero-order chi connectivity index (χ0) is 16.9. The van der Waals surface area contributed by atoms with Crippen molar-refractivity contribution < 1.29 is 22.3 Å². The van der Waals surface area contributed by atoms with Gasteiger partial charge in [0.1, 0.15) is 11.3 Å². The fourth-order valence-electron chi connectivity index (χ4n) is 2.69. The highest BCUT2D eigenvalue weighted by molar-refractivity contribution is 6.12. The monoisotopic (exact) mass is 331 g/mol. The maximum absolute atomic E-state index is 12.4. The van der Waals surface area contributed by atoms with Crippen molar-refractivity contribution in [2.75, 3.05) is 0 Å². The second-order valence-corrected chi connectivity index (χ2v) is 5.16. The molecule has 0 fully saturated rings. The molecular weight excluding hydrogens is 323 g/mol. The highest BCUT2D eigenvalue weighted by atomic mass is 19.4. The average Bonchev–Trinajstić information content (AvgIpc) is 2.54. The van der Waals surface area contributed by atoms with Gasteiger partial charge in [0.15, 0.2) is 0 Å². The second kappa shape index (κ2) is 4.95. The number of alkyl halides is 3. The molecule has 0 saturated heterocycles. The number of benzene rings is 2. The minimum Gasteiger partial charge on any atom is -0.421 e. The van der Waals surface area contributed by atoms with Crippen LogP contribution in [0.1, 0.15) is 0 Å². The van der Waals surface area contributed by atoms with Gasteiger partial charge in [-0.25, -0.2) is 4.79 Å². The maximum atomic E-state index is 12.4. The van der Waals surface area contributed by atoms with Gasteiger partial charge in [-0.3, -0.25) is 4.98 Å². The van der Waals surface area contributed by atoms with Crippen molar-refractivity contribution in [1.29, 1.82) is 0 Å². The van der Waals surface area contributed by atoms with Crippen molar-refractivity contribution in [2.24, 2.45) is 0 Å². The SMILES string of the molecule is O=c1oc2c3cc(OC(F)(F)F)ccc3ncc2c2ccccc12. The largest absolute Gasteiger partial charge is 0.573 e. The second-order valence-electron chi connectivity index (χ2n) is 5.16. The Kier molecular flexibility index (Phi) is 2.99. The molecule has 7 heteroatoms. The zero-order valence-corrected chi connectivity index (χ0v) is 11.9. The molecule has 0 radical (unpaired) electrons. The molecule has 0 atom stereocenters. The molecule has 0 aliphatic rings. The minimum absolute atomic E-state index is 0.177. The normalized spacial score (nSPS) is 12.1. The Hall–Kier alpha value is -3.09. The summed E-state index contributed by atoms with van der Waals surface area (Å²) in [5, 5.41) is 1.83. The Balaban J connectivity index is 2.09. The summed E-state index contributed by atoms with van der Waals surface area (Å²) in [5.74, 6) is -0.403. The molecule has 0 bridgehead atoms. The predicted molar refractivity (Wildman–Crippen MR) is 82.0 cm³/mol. The Morgan fingerprint density at radius 3 is 2.46 bits per heavy atom. The molecular formula is C17H8F3NO3. The van der Waals surface area contributed by atoms with Crippen molar-refractivity contribution in [3.63, 3.8) is 0 Å². The van der Waals surface area contributed by atoms with E-state index in [9.17, 15) is 18.0 Å². The molecule has 0 saturated carbocycles. The number of hydrogen-bond donors (Lipinski definition) is 0. The van der Waals surface area contributed by atoms with Crippen LogP contribution in [-0.2, 0) is 0 Å². The first-order valence-corrected chi connectivity index (χ1v) is 6.92. The molecule has 120 valence electrons. The average molecular weight is 331 g/mol. The van der Waals surface area contributed by atoms with Crippen LogP contribution in [-0.4, -0.2) is 11.3 Å². The summed E-state index contributed by atoms with van der Waals surface area (Å²) in [7, 11) is 0. The minimum atomic E-state index is -4.81. The van der Waals surface area contributed by atoms with Gasteiger partial charge in [-0.15, -0.1) is 13.2 Å². The third-order valence-corrected chi connectivity index (χ3v) is 3.66. The first kappa shape index (κ1) is 14.5. The van der Waals surface area contributed by atoms with Gasteiger partial charge < -0.3 is 9.15 Å². The molecule has 0 N–H and O–H groups in total. The van der Waals surface area contributed by atoms with Crippen LogP contribution < -0.4 is 10.4 Å². The van der Waals surface area contributed by atoms with Gasteiger partial charge >= 0.3 is 12.0 Å². The van der Waals surface area contributed by atoms with E-state index in [1.165, 1.54) is 12.3 Å². The molecule has 0 unspecified atom stereocenters. The summed E-state index contributed by atoms with van der Waals surface area (Å²) in [5.41, 5.74) is 0.0134. The van der Waals surface area contributed by atoms with Crippen LogP contribution in [0.3, 0.4) is 0 Å². The summed E-state index contributed by atoms with van der Waals surface area (Å²) in [6.07, 6.45) is -3.27. The lowest BCUT2D eigenvalue weighted by atomic mass is 10.1. The maximum Gasteiger partial charge on any atom is 0.573 e. The van der Waals surface area contributed by atoms with E-state index in [1.54, 1.807) is 24.3 Å². The van der Waals surface area contributed by atoms with Gasteiger partial charge in [0, 0.05) is 22.4 Å². The number of halogens is 3. The molecule has 2 aromatic heterocycles. The summed E-state index contributed by atoms with van der Waals surface area (Å²) in [6, 6.07) is 10.5. The smallest absolute Gasteiger partial charge is 0.421 e. The van der Waals surface area contributed by atoms with E-state index >= 15 is 0 Å². The molecule has 0 amide bonds. The number of ether oxygens (including phenoxy) is 1. The summed E-state index contributed by atoms with van der Waals surface area (Å²) >= 11 is 0. The Morgan fingerprint density at radius 1 is 0.958 bits per heavy atom. The molecule has 2 heterocycles. The fourth-order valence-corrected chi connectivity index (χ4v) is 2.69. The van der Waals surface area contributed by atoms with E-state index in [1.807, 2.05) is 0 Å². The molecule has 4 aromatic rings. The lowest BCUT2D eigenvalue weighted by molar-refractivity contribution is -0.274. The topological polar surface area (TPSA) is 52.3 Å². The summed E-state index contributed by atoms with van der Waals surface area (Å²) in [6.45, 7) is 0. The van der Waals surface area contributed by atoms with E-state index in [0.29, 0.717) is 21.7 Å². The summed E-state index contributed by atoms with van der Waals surface area (Å²) in [4.78, 5) is 16.4. The molecule has 4 rings (SSSR count).